The minimum absolute atomic E-state index is 0.0663. The molecule has 0 bridgehead atoms. The highest BCUT2D eigenvalue weighted by Crippen LogP contribution is 2.20. The summed E-state index contributed by atoms with van der Waals surface area (Å²) in [4.78, 5) is 14.8. The van der Waals surface area contributed by atoms with Gasteiger partial charge in [0.05, 0.1) is 5.69 Å². The van der Waals surface area contributed by atoms with Gasteiger partial charge in [-0.15, -0.1) is 0 Å². The lowest BCUT2D eigenvalue weighted by molar-refractivity contribution is -0.121. The van der Waals surface area contributed by atoms with Crippen molar-refractivity contribution in [3.63, 3.8) is 0 Å². The Bertz CT molecular complexity index is 741. The van der Waals surface area contributed by atoms with Gasteiger partial charge in [0, 0.05) is 25.1 Å². The number of hydrogen-bond acceptors (Lipinski definition) is 4. The average Bonchev–Trinajstić information content (AvgIpc) is 2.99. The molecule has 1 aromatic heterocycles. The Morgan fingerprint density at radius 2 is 1.93 bits per heavy atom. The first-order chi connectivity index (χ1) is 13.0. The second kappa shape index (κ2) is 9.18. The Morgan fingerprint density at radius 1 is 1.22 bits per heavy atom. The van der Waals surface area contributed by atoms with Crippen molar-refractivity contribution in [1.82, 2.24) is 15.4 Å². The van der Waals surface area contributed by atoms with Gasteiger partial charge >= 0.3 is 0 Å². The standard InChI is InChI=1S/C22H31N3O2/c1-16-10-12-25(13-11-16)15-20-7-5-4-6-19(20)14-23-22(26)9-8-21-17(2)24-27-18(21)3/h4-7,16H,8-15H2,1-3H3,(H,23,26). The Morgan fingerprint density at radius 3 is 2.59 bits per heavy atom. The molecular formula is C22H31N3O2. The molecule has 27 heavy (non-hydrogen) atoms. The first kappa shape index (κ1) is 19.6. The van der Waals surface area contributed by atoms with Crippen molar-refractivity contribution < 1.29 is 9.32 Å². The van der Waals surface area contributed by atoms with E-state index in [4.69, 9.17) is 4.52 Å². The number of aromatic nitrogens is 1. The smallest absolute Gasteiger partial charge is 0.220 e. The molecule has 5 nitrogen and oxygen atoms in total. The summed E-state index contributed by atoms with van der Waals surface area (Å²) in [6.45, 7) is 10.0. The maximum Gasteiger partial charge on any atom is 0.220 e. The second-order valence-electron chi connectivity index (χ2n) is 7.81. The third-order valence-electron chi connectivity index (χ3n) is 5.65. The van der Waals surface area contributed by atoms with Crippen molar-refractivity contribution in [2.24, 2.45) is 5.92 Å². The van der Waals surface area contributed by atoms with Crippen molar-refractivity contribution in [3.8, 4) is 0 Å². The number of likely N-dealkylation sites (tertiary alicyclic amines) is 1. The van der Waals surface area contributed by atoms with Crippen LogP contribution in [0.3, 0.4) is 0 Å². The highest BCUT2D eigenvalue weighted by molar-refractivity contribution is 5.76. The minimum atomic E-state index is 0.0663. The van der Waals surface area contributed by atoms with Crippen LogP contribution >= 0.6 is 0 Å². The molecule has 1 saturated heterocycles. The van der Waals surface area contributed by atoms with Gasteiger partial charge in [0.2, 0.25) is 5.91 Å². The first-order valence-corrected chi connectivity index (χ1v) is 10.0. The van der Waals surface area contributed by atoms with Gasteiger partial charge in [-0.3, -0.25) is 9.69 Å². The van der Waals surface area contributed by atoms with Gasteiger partial charge in [0.15, 0.2) is 0 Å². The molecule has 2 heterocycles. The molecule has 1 aliphatic heterocycles. The fourth-order valence-corrected chi connectivity index (χ4v) is 3.72. The lowest BCUT2D eigenvalue weighted by Crippen LogP contribution is -2.33. The Labute approximate surface area is 162 Å². The molecule has 1 aliphatic rings. The van der Waals surface area contributed by atoms with Crippen LogP contribution < -0.4 is 5.32 Å². The summed E-state index contributed by atoms with van der Waals surface area (Å²) < 4.78 is 5.17. The third kappa shape index (κ3) is 5.42. The number of rotatable bonds is 7. The lowest BCUT2D eigenvalue weighted by Gasteiger charge is -2.30. The van der Waals surface area contributed by atoms with Crippen LogP contribution in [0.5, 0.6) is 0 Å². The van der Waals surface area contributed by atoms with Gasteiger partial charge in [-0.2, -0.15) is 0 Å². The van der Waals surface area contributed by atoms with Gasteiger partial charge in [0.1, 0.15) is 5.76 Å². The molecule has 1 amide bonds. The van der Waals surface area contributed by atoms with Crippen molar-refractivity contribution in [1.29, 1.82) is 0 Å². The maximum absolute atomic E-state index is 12.3. The molecule has 1 fully saturated rings. The number of nitrogens with zero attached hydrogens (tertiary/aromatic N) is 2. The molecule has 146 valence electrons. The van der Waals surface area contributed by atoms with Gasteiger partial charge in [-0.05, 0) is 63.2 Å². The number of carbonyl (C=O) groups is 1. The van der Waals surface area contributed by atoms with Gasteiger partial charge < -0.3 is 9.84 Å². The second-order valence-corrected chi connectivity index (χ2v) is 7.81. The number of aryl methyl sites for hydroxylation is 2. The van der Waals surface area contributed by atoms with Crippen LogP contribution in [0.1, 0.15) is 54.3 Å². The molecule has 1 aromatic carbocycles. The largest absolute Gasteiger partial charge is 0.361 e. The zero-order chi connectivity index (χ0) is 19.2. The first-order valence-electron chi connectivity index (χ1n) is 10.0. The van der Waals surface area contributed by atoms with Crippen LogP contribution in [0.4, 0.5) is 0 Å². The van der Waals surface area contributed by atoms with E-state index in [1.54, 1.807) is 0 Å². The summed E-state index contributed by atoms with van der Waals surface area (Å²) in [5.41, 5.74) is 4.45. The molecule has 5 heteroatoms. The fraction of sp³-hybridized carbons (Fsp3) is 0.545. The SMILES string of the molecule is Cc1noc(C)c1CCC(=O)NCc1ccccc1CN1CCC(C)CC1. The average molecular weight is 370 g/mol. The third-order valence-corrected chi connectivity index (χ3v) is 5.65. The summed E-state index contributed by atoms with van der Waals surface area (Å²) in [6, 6.07) is 8.44. The topological polar surface area (TPSA) is 58.4 Å². The predicted molar refractivity (Wildman–Crippen MR) is 106 cm³/mol. The van der Waals surface area contributed by atoms with Gasteiger partial charge in [-0.25, -0.2) is 0 Å². The summed E-state index contributed by atoms with van der Waals surface area (Å²) in [7, 11) is 0. The minimum Gasteiger partial charge on any atom is -0.361 e. The summed E-state index contributed by atoms with van der Waals surface area (Å²) in [5, 5.41) is 7.02. The normalized spacial score (nSPS) is 15.8. The molecule has 1 N–H and O–H groups in total. The van der Waals surface area contributed by atoms with E-state index in [2.05, 4.69) is 40.5 Å². The van der Waals surface area contributed by atoms with Crippen LogP contribution in [0.2, 0.25) is 0 Å². The molecule has 0 unspecified atom stereocenters. The Balaban J connectivity index is 1.51. The summed E-state index contributed by atoms with van der Waals surface area (Å²) in [6.07, 6.45) is 3.68. The number of piperidine rings is 1. The Kier molecular flexibility index (Phi) is 6.67. The monoisotopic (exact) mass is 369 g/mol. The van der Waals surface area contributed by atoms with Crippen molar-refractivity contribution in [3.05, 3.63) is 52.4 Å². The molecule has 2 aromatic rings. The number of amides is 1. The zero-order valence-corrected chi connectivity index (χ0v) is 16.8. The highest BCUT2D eigenvalue weighted by Gasteiger charge is 2.17. The van der Waals surface area contributed by atoms with E-state index < -0.39 is 0 Å². The van der Waals surface area contributed by atoms with Crippen LogP contribution in [-0.4, -0.2) is 29.1 Å². The molecule has 3 rings (SSSR count). The summed E-state index contributed by atoms with van der Waals surface area (Å²) >= 11 is 0. The Hall–Kier alpha value is -2.14. The van der Waals surface area contributed by atoms with Gasteiger partial charge in [-0.1, -0.05) is 36.3 Å². The number of benzene rings is 1. The van der Waals surface area contributed by atoms with Crippen LogP contribution in [0.15, 0.2) is 28.8 Å². The number of hydrogen-bond donors (Lipinski definition) is 1. The van der Waals surface area contributed by atoms with E-state index in [-0.39, 0.29) is 5.91 Å². The van der Waals surface area contributed by atoms with E-state index in [1.807, 2.05) is 19.9 Å². The van der Waals surface area contributed by atoms with E-state index in [1.165, 1.54) is 37.1 Å². The number of nitrogens with one attached hydrogen (secondary N) is 1. The van der Waals surface area contributed by atoms with Crippen LogP contribution in [0.25, 0.3) is 0 Å². The fourth-order valence-electron chi connectivity index (χ4n) is 3.72. The lowest BCUT2D eigenvalue weighted by atomic mass is 9.98. The van der Waals surface area contributed by atoms with Crippen molar-refractivity contribution in [2.75, 3.05) is 13.1 Å². The molecule has 0 aliphatic carbocycles. The molecular weight excluding hydrogens is 338 g/mol. The van der Waals surface area contributed by atoms with E-state index in [0.29, 0.717) is 19.4 Å². The molecule has 0 saturated carbocycles. The van der Waals surface area contributed by atoms with E-state index >= 15 is 0 Å². The number of carbonyl (C=O) groups excluding carboxylic acids is 1. The van der Waals surface area contributed by atoms with Crippen molar-refractivity contribution >= 4 is 5.91 Å². The predicted octanol–water partition coefficient (Wildman–Crippen LogP) is 3.77. The summed E-state index contributed by atoms with van der Waals surface area (Å²) in [5.74, 6) is 1.71. The quantitative estimate of drug-likeness (QED) is 0.807. The van der Waals surface area contributed by atoms with E-state index in [0.717, 1.165) is 29.5 Å². The zero-order valence-electron chi connectivity index (χ0n) is 16.8. The van der Waals surface area contributed by atoms with Crippen LogP contribution in [0, 0.1) is 19.8 Å². The van der Waals surface area contributed by atoms with Gasteiger partial charge in [0.25, 0.3) is 0 Å². The van der Waals surface area contributed by atoms with Crippen LogP contribution in [-0.2, 0) is 24.3 Å². The molecule has 0 radical (unpaired) electrons. The maximum atomic E-state index is 12.3. The van der Waals surface area contributed by atoms with Crippen molar-refractivity contribution in [2.45, 2.75) is 59.5 Å². The molecule has 0 spiro atoms. The molecule has 0 atom stereocenters. The highest BCUT2D eigenvalue weighted by atomic mass is 16.5. The van der Waals surface area contributed by atoms with E-state index in [9.17, 15) is 4.79 Å².